The van der Waals surface area contributed by atoms with Crippen molar-refractivity contribution in [1.29, 1.82) is 0 Å². The molecule has 0 fully saturated rings. The molecule has 1 atom stereocenters. The lowest BCUT2D eigenvalue weighted by Crippen LogP contribution is -2.14. The smallest absolute Gasteiger partial charge is 0.122 e. The van der Waals surface area contributed by atoms with Gasteiger partial charge in [-0.3, -0.25) is 0 Å². The Morgan fingerprint density at radius 1 is 1.47 bits per heavy atom. The molecular formula is C13H19BrO2S. The van der Waals surface area contributed by atoms with Crippen molar-refractivity contribution >= 4 is 27.7 Å². The van der Waals surface area contributed by atoms with Gasteiger partial charge in [0.05, 0.1) is 13.2 Å². The van der Waals surface area contributed by atoms with Crippen molar-refractivity contribution in [2.45, 2.75) is 25.9 Å². The fraction of sp³-hybridized carbons (Fsp3) is 0.538. The average molecular weight is 319 g/mol. The van der Waals surface area contributed by atoms with E-state index in [9.17, 15) is 5.11 Å². The molecule has 0 radical (unpaired) electrons. The predicted molar refractivity (Wildman–Crippen MR) is 78.0 cm³/mol. The number of aliphatic hydroxyl groups is 1. The molecule has 0 spiro atoms. The van der Waals surface area contributed by atoms with E-state index in [-0.39, 0.29) is 6.10 Å². The van der Waals surface area contributed by atoms with E-state index in [1.54, 1.807) is 18.9 Å². The Balaban J connectivity index is 2.57. The number of benzene rings is 1. The summed E-state index contributed by atoms with van der Waals surface area (Å²) in [6.45, 7) is 2.15. The van der Waals surface area contributed by atoms with Gasteiger partial charge in [-0.1, -0.05) is 22.9 Å². The standard InChI is InChI=1S/C13H19BrO2S/c1-3-6-17-9-12(15)8-10-7-11(14)4-5-13(10)16-2/h4-5,7,12,15H,3,6,8-9H2,1-2H3. The molecular weight excluding hydrogens is 300 g/mol. The van der Waals surface area contributed by atoms with Gasteiger partial charge in [0, 0.05) is 16.6 Å². The maximum atomic E-state index is 9.95. The van der Waals surface area contributed by atoms with Crippen LogP contribution in [0.25, 0.3) is 0 Å². The molecule has 0 heterocycles. The third kappa shape index (κ3) is 5.32. The van der Waals surface area contributed by atoms with E-state index >= 15 is 0 Å². The highest BCUT2D eigenvalue weighted by molar-refractivity contribution is 9.10. The van der Waals surface area contributed by atoms with Crippen LogP contribution in [0.1, 0.15) is 18.9 Å². The van der Waals surface area contributed by atoms with E-state index in [1.165, 1.54) is 0 Å². The Kier molecular flexibility index (Phi) is 7.00. The second-order valence-electron chi connectivity index (χ2n) is 3.89. The van der Waals surface area contributed by atoms with Crippen LogP contribution in [0, 0.1) is 0 Å². The van der Waals surface area contributed by atoms with Gasteiger partial charge in [0.2, 0.25) is 0 Å². The molecule has 0 saturated carbocycles. The lowest BCUT2D eigenvalue weighted by molar-refractivity contribution is 0.198. The minimum Gasteiger partial charge on any atom is -0.496 e. The van der Waals surface area contributed by atoms with Crippen LogP contribution < -0.4 is 4.74 Å². The van der Waals surface area contributed by atoms with Crippen LogP contribution in [0.3, 0.4) is 0 Å². The molecule has 0 saturated heterocycles. The number of methoxy groups -OCH3 is 1. The van der Waals surface area contributed by atoms with Crippen molar-refractivity contribution in [2.24, 2.45) is 0 Å². The van der Waals surface area contributed by atoms with Crippen molar-refractivity contribution in [3.05, 3.63) is 28.2 Å². The molecule has 96 valence electrons. The molecule has 0 aliphatic heterocycles. The number of hydrogen-bond acceptors (Lipinski definition) is 3. The summed E-state index contributed by atoms with van der Waals surface area (Å²) in [7, 11) is 1.66. The molecule has 0 aliphatic rings. The molecule has 0 bridgehead atoms. The summed E-state index contributed by atoms with van der Waals surface area (Å²) in [5.41, 5.74) is 1.05. The van der Waals surface area contributed by atoms with Crippen molar-refractivity contribution in [2.75, 3.05) is 18.6 Å². The second-order valence-corrected chi connectivity index (χ2v) is 5.95. The molecule has 1 N–H and O–H groups in total. The number of rotatable bonds is 7. The summed E-state index contributed by atoms with van der Waals surface area (Å²) in [6, 6.07) is 5.87. The summed E-state index contributed by atoms with van der Waals surface area (Å²) in [5, 5.41) is 9.95. The first-order valence-corrected chi connectivity index (χ1v) is 7.70. The fourth-order valence-electron chi connectivity index (χ4n) is 1.58. The Morgan fingerprint density at radius 3 is 2.88 bits per heavy atom. The van der Waals surface area contributed by atoms with Crippen LogP contribution in [-0.2, 0) is 6.42 Å². The minimum atomic E-state index is -0.310. The zero-order valence-corrected chi connectivity index (χ0v) is 12.7. The van der Waals surface area contributed by atoms with E-state index in [4.69, 9.17) is 4.74 Å². The second kappa shape index (κ2) is 8.01. The molecule has 17 heavy (non-hydrogen) atoms. The highest BCUT2D eigenvalue weighted by Crippen LogP contribution is 2.24. The van der Waals surface area contributed by atoms with E-state index in [2.05, 4.69) is 22.9 Å². The van der Waals surface area contributed by atoms with Crippen LogP contribution in [0.2, 0.25) is 0 Å². The highest BCUT2D eigenvalue weighted by atomic mass is 79.9. The van der Waals surface area contributed by atoms with Gasteiger partial charge in [-0.15, -0.1) is 0 Å². The van der Waals surface area contributed by atoms with Gasteiger partial charge in [-0.25, -0.2) is 0 Å². The van der Waals surface area contributed by atoms with Gasteiger partial charge in [-0.2, -0.15) is 11.8 Å². The maximum absolute atomic E-state index is 9.95. The van der Waals surface area contributed by atoms with E-state index in [0.717, 1.165) is 33.7 Å². The van der Waals surface area contributed by atoms with E-state index in [0.29, 0.717) is 6.42 Å². The Morgan fingerprint density at radius 2 is 2.24 bits per heavy atom. The molecule has 1 aromatic rings. The molecule has 0 aliphatic carbocycles. The van der Waals surface area contributed by atoms with Gasteiger partial charge < -0.3 is 9.84 Å². The number of aliphatic hydroxyl groups excluding tert-OH is 1. The molecule has 4 heteroatoms. The van der Waals surface area contributed by atoms with Crippen LogP contribution in [0.4, 0.5) is 0 Å². The topological polar surface area (TPSA) is 29.5 Å². The predicted octanol–water partition coefficient (Wildman–Crippen LogP) is 3.50. The van der Waals surface area contributed by atoms with Crippen molar-refractivity contribution in [1.82, 2.24) is 0 Å². The summed E-state index contributed by atoms with van der Waals surface area (Å²) in [4.78, 5) is 0. The average Bonchev–Trinajstić information content (AvgIpc) is 2.29. The van der Waals surface area contributed by atoms with E-state index in [1.807, 2.05) is 18.2 Å². The maximum Gasteiger partial charge on any atom is 0.122 e. The molecule has 2 nitrogen and oxygen atoms in total. The van der Waals surface area contributed by atoms with Crippen LogP contribution >= 0.6 is 27.7 Å². The van der Waals surface area contributed by atoms with Crippen LogP contribution in [-0.4, -0.2) is 29.8 Å². The zero-order chi connectivity index (χ0) is 12.7. The first kappa shape index (κ1) is 14.9. The van der Waals surface area contributed by atoms with Gasteiger partial charge in [0.25, 0.3) is 0 Å². The first-order valence-electron chi connectivity index (χ1n) is 5.75. The molecule has 1 aromatic carbocycles. The molecule has 1 unspecified atom stereocenters. The van der Waals surface area contributed by atoms with Crippen molar-refractivity contribution < 1.29 is 9.84 Å². The summed E-state index contributed by atoms with van der Waals surface area (Å²) in [5.74, 6) is 2.73. The number of thioether (sulfide) groups is 1. The third-order valence-corrected chi connectivity index (χ3v) is 4.17. The lowest BCUT2D eigenvalue weighted by Gasteiger charge is -2.13. The van der Waals surface area contributed by atoms with Crippen molar-refractivity contribution in [3.8, 4) is 5.75 Å². The Bertz CT molecular complexity index is 344. The van der Waals surface area contributed by atoms with E-state index < -0.39 is 0 Å². The van der Waals surface area contributed by atoms with Crippen LogP contribution in [0.15, 0.2) is 22.7 Å². The highest BCUT2D eigenvalue weighted by Gasteiger charge is 2.10. The molecule has 0 aromatic heterocycles. The normalized spacial score (nSPS) is 12.5. The zero-order valence-electron chi connectivity index (χ0n) is 10.3. The largest absolute Gasteiger partial charge is 0.496 e. The van der Waals surface area contributed by atoms with Crippen LogP contribution in [0.5, 0.6) is 5.75 Å². The summed E-state index contributed by atoms with van der Waals surface area (Å²) >= 11 is 5.23. The van der Waals surface area contributed by atoms with Gasteiger partial charge >= 0.3 is 0 Å². The number of ether oxygens (including phenoxy) is 1. The number of hydrogen-bond donors (Lipinski definition) is 1. The minimum absolute atomic E-state index is 0.310. The quantitative estimate of drug-likeness (QED) is 0.780. The molecule has 1 rings (SSSR count). The van der Waals surface area contributed by atoms with Crippen molar-refractivity contribution in [3.63, 3.8) is 0 Å². The monoisotopic (exact) mass is 318 g/mol. The van der Waals surface area contributed by atoms with Gasteiger partial charge in [0.15, 0.2) is 0 Å². The van der Waals surface area contributed by atoms with Gasteiger partial charge in [-0.05, 0) is 35.9 Å². The SMILES string of the molecule is CCCSCC(O)Cc1cc(Br)ccc1OC. The van der Waals surface area contributed by atoms with Gasteiger partial charge in [0.1, 0.15) is 5.75 Å². The number of halogens is 1. The summed E-state index contributed by atoms with van der Waals surface area (Å²) < 4.78 is 6.30. The third-order valence-electron chi connectivity index (χ3n) is 2.36. The first-order chi connectivity index (χ1) is 8.17. The summed E-state index contributed by atoms with van der Waals surface area (Å²) in [6.07, 6.45) is 1.48. The molecule has 0 amide bonds. The Hall–Kier alpha value is -0.190. The Labute approximate surface area is 116 Å². The lowest BCUT2D eigenvalue weighted by atomic mass is 10.1. The fourth-order valence-corrected chi connectivity index (χ4v) is 2.84.